The molecular formula is C12H20O2. The van der Waals surface area contributed by atoms with E-state index in [1.165, 1.54) is 13.3 Å². The number of hydrogen-bond acceptors (Lipinski definition) is 2. The van der Waals surface area contributed by atoms with Crippen molar-refractivity contribution in [2.45, 2.75) is 46.6 Å². The Labute approximate surface area is 86.0 Å². The highest BCUT2D eigenvalue weighted by Gasteiger charge is 2.57. The van der Waals surface area contributed by atoms with E-state index in [1.807, 2.05) is 0 Å². The van der Waals surface area contributed by atoms with E-state index in [0.717, 1.165) is 18.3 Å². The molecular weight excluding hydrogens is 176 g/mol. The number of hydrogen-bond donors (Lipinski definition) is 0. The summed E-state index contributed by atoms with van der Waals surface area (Å²) >= 11 is 0. The summed E-state index contributed by atoms with van der Waals surface area (Å²) in [6.07, 6.45) is 2.60. The highest BCUT2D eigenvalue weighted by atomic mass is 16.5. The van der Waals surface area contributed by atoms with Gasteiger partial charge in [-0.15, -0.1) is 0 Å². The summed E-state index contributed by atoms with van der Waals surface area (Å²) in [6.45, 7) is 8.45. The lowest BCUT2D eigenvalue weighted by Crippen LogP contribution is -2.57. The fourth-order valence-corrected chi connectivity index (χ4v) is 3.47. The number of fused-ring (bicyclic) bond motifs is 2. The molecule has 0 radical (unpaired) electrons. The average Bonchev–Trinajstić information content (AvgIpc) is 2.06. The summed E-state index contributed by atoms with van der Waals surface area (Å²) < 4.78 is 5.36. The van der Waals surface area contributed by atoms with Gasteiger partial charge in [0.25, 0.3) is 0 Å². The van der Waals surface area contributed by atoms with Crippen molar-refractivity contribution >= 4 is 5.97 Å². The van der Waals surface area contributed by atoms with E-state index in [-0.39, 0.29) is 12.1 Å². The lowest BCUT2D eigenvalue weighted by molar-refractivity contribution is -0.184. The van der Waals surface area contributed by atoms with Crippen molar-refractivity contribution in [1.82, 2.24) is 0 Å². The van der Waals surface area contributed by atoms with Gasteiger partial charge in [0, 0.05) is 6.92 Å². The standard InChI is InChI=1S/C12H20O2/c1-7-10-5-9(12(10,3)4)6-11(7)14-8(2)13/h7,9-11H,5-6H2,1-4H3/t7?,9-,10+,11+/m1/s1. The Bertz CT molecular complexity index is 257. The molecule has 2 nitrogen and oxygen atoms in total. The molecule has 3 aliphatic rings. The average molecular weight is 196 g/mol. The molecule has 4 atom stereocenters. The van der Waals surface area contributed by atoms with Crippen LogP contribution in [0.4, 0.5) is 0 Å². The maximum Gasteiger partial charge on any atom is 0.302 e. The fourth-order valence-electron chi connectivity index (χ4n) is 3.47. The van der Waals surface area contributed by atoms with Gasteiger partial charge in [0.2, 0.25) is 0 Å². The van der Waals surface area contributed by atoms with Gasteiger partial charge < -0.3 is 4.74 Å². The van der Waals surface area contributed by atoms with Crippen molar-refractivity contribution in [3.8, 4) is 0 Å². The van der Waals surface area contributed by atoms with Gasteiger partial charge in [-0.1, -0.05) is 20.8 Å². The first-order valence-corrected chi connectivity index (χ1v) is 5.60. The van der Waals surface area contributed by atoms with E-state index >= 15 is 0 Å². The van der Waals surface area contributed by atoms with Gasteiger partial charge in [-0.3, -0.25) is 4.79 Å². The van der Waals surface area contributed by atoms with Crippen molar-refractivity contribution < 1.29 is 9.53 Å². The molecule has 0 aromatic carbocycles. The Morgan fingerprint density at radius 2 is 2.00 bits per heavy atom. The van der Waals surface area contributed by atoms with Gasteiger partial charge in [0.05, 0.1) is 0 Å². The van der Waals surface area contributed by atoms with E-state index in [9.17, 15) is 4.79 Å². The summed E-state index contributed by atoms with van der Waals surface area (Å²) in [4.78, 5) is 10.9. The molecule has 0 amide bonds. The SMILES string of the molecule is CC(=O)O[C@H]1C[C@H]2C[C@@H](C1C)C2(C)C. The van der Waals surface area contributed by atoms with Gasteiger partial charge >= 0.3 is 5.97 Å². The van der Waals surface area contributed by atoms with Crippen LogP contribution in [-0.4, -0.2) is 12.1 Å². The molecule has 0 spiro atoms. The molecule has 0 heterocycles. The first kappa shape index (κ1) is 10.0. The van der Waals surface area contributed by atoms with E-state index in [1.54, 1.807) is 0 Å². The zero-order valence-electron chi connectivity index (χ0n) is 9.54. The van der Waals surface area contributed by atoms with Gasteiger partial charge in [-0.05, 0) is 36.0 Å². The molecule has 3 fully saturated rings. The van der Waals surface area contributed by atoms with E-state index in [2.05, 4.69) is 20.8 Å². The zero-order chi connectivity index (χ0) is 10.5. The predicted octanol–water partition coefficient (Wildman–Crippen LogP) is 2.62. The number of esters is 1. The molecule has 0 aromatic rings. The van der Waals surface area contributed by atoms with E-state index in [4.69, 9.17) is 4.74 Å². The molecule has 3 rings (SSSR count). The quantitative estimate of drug-likeness (QED) is 0.603. The summed E-state index contributed by atoms with van der Waals surface area (Å²) in [7, 11) is 0. The summed E-state index contributed by atoms with van der Waals surface area (Å²) in [5.74, 6) is 1.94. The van der Waals surface area contributed by atoms with Crippen molar-refractivity contribution in [2.75, 3.05) is 0 Å². The number of rotatable bonds is 1. The van der Waals surface area contributed by atoms with E-state index < -0.39 is 0 Å². The molecule has 80 valence electrons. The van der Waals surface area contributed by atoms with Gasteiger partial charge in [0.15, 0.2) is 0 Å². The molecule has 3 saturated carbocycles. The fraction of sp³-hybridized carbons (Fsp3) is 0.917. The maximum absolute atomic E-state index is 10.9. The third kappa shape index (κ3) is 1.27. The van der Waals surface area contributed by atoms with Crippen molar-refractivity contribution in [3.05, 3.63) is 0 Å². The summed E-state index contributed by atoms with van der Waals surface area (Å²) in [6, 6.07) is 0. The molecule has 0 aromatic heterocycles. The van der Waals surface area contributed by atoms with Crippen LogP contribution in [0.2, 0.25) is 0 Å². The van der Waals surface area contributed by atoms with Gasteiger partial charge in [-0.25, -0.2) is 0 Å². The molecule has 0 N–H and O–H groups in total. The highest BCUT2D eigenvalue weighted by molar-refractivity contribution is 5.66. The number of carbonyl (C=O) groups excluding carboxylic acids is 1. The van der Waals surface area contributed by atoms with Crippen LogP contribution in [0.1, 0.15) is 40.5 Å². The molecule has 1 unspecified atom stereocenters. The number of carbonyl (C=O) groups is 1. The third-order valence-electron chi connectivity index (χ3n) is 4.60. The molecule has 0 aliphatic heterocycles. The predicted molar refractivity (Wildman–Crippen MR) is 54.7 cm³/mol. The van der Waals surface area contributed by atoms with Crippen LogP contribution in [-0.2, 0) is 9.53 Å². The Morgan fingerprint density at radius 3 is 2.43 bits per heavy atom. The lowest BCUT2D eigenvalue weighted by atomic mass is 9.45. The molecule has 3 aliphatic carbocycles. The van der Waals surface area contributed by atoms with Crippen LogP contribution in [0.25, 0.3) is 0 Å². The Hall–Kier alpha value is -0.530. The second kappa shape index (κ2) is 2.98. The highest BCUT2D eigenvalue weighted by Crippen LogP contribution is 2.61. The van der Waals surface area contributed by atoms with Crippen molar-refractivity contribution in [2.24, 2.45) is 23.2 Å². The zero-order valence-corrected chi connectivity index (χ0v) is 9.54. The molecule has 0 saturated heterocycles. The first-order chi connectivity index (χ1) is 6.43. The van der Waals surface area contributed by atoms with Crippen molar-refractivity contribution in [1.29, 1.82) is 0 Å². The number of ether oxygens (including phenoxy) is 1. The smallest absolute Gasteiger partial charge is 0.302 e. The second-order valence-corrected chi connectivity index (χ2v) is 5.60. The monoisotopic (exact) mass is 196 g/mol. The van der Waals surface area contributed by atoms with Crippen molar-refractivity contribution in [3.63, 3.8) is 0 Å². The topological polar surface area (TPSA) is 26.3 Å². The Morgan fingerprint density at radius 1 is 1.36 bits per heavy atom. The normalized spacial score (nSPS) is 44.0. The Balaban J connectivity index is 2.04. The second-order valence-electron chi connectivity index (χ2n) is 5.60. The van der Waals surface area contributed by atoms with Crippen LogP contribution in [0, 0.1) is 23.2 Å². The molecule has 2 bridgehead atoms. The minimum Gasteiger partial charge on any atom is -0.462 e. The van der Waals surface area contributed by atoms with Crippen LogP contribution in [0.3, 0.4) is 0 Å². The lowest BCUT2D eigenvalue weighted by Gasteiger charge is -2.61. The van der Waals surface area contributed by atoms with E-state index in [0.29, 0.717) is 11.3 Å². The van der Waals surface area contributed by atoms with Crippen LogP contribution < -0.4 is 0 Å². The first-order valence-electron chi connectivity index (χ1n) is 5.60. The molecule has 2 heteroatoms. The Kier molecular flexibility index (Phi) is 2.13. The largest absolute Gasteiger partial charge is 0.462 e. The maximum atomic E-state index is 10.9. The minimum absolute atomic E-state index is 0.124. The summed E-state index contributed by atoms with van der Waals surface area (Å²) in [5.41, 5.74) is 0.482. The van der Waals surface area contributed by atoms with Gasteiger partial charge in [-0.2, -0.15) is 0 Å². The summed E-state index contributed by atoms with van der Waals surface area (Å²) in [5, 5.41) is 0. The third-order valence-corrected chi connectivity index (χ3v) is 4.60. The van der Waals surface area contributed by atoms with Gasteiger partial charge in [0.1, 0.15) is 6.10 Å². The molecule has 14 heavy (non-hydrogen) atoms. The minimum atomic E-state index is -0.124. The van der Waals surface area contributed by atoms with Crippen LogP contribution >= 0.6 is 0 Å². The van der Waals surface area contributed by atoms with Crippen LogP contribution in [0.5, 0.6) is 0 Å². The van der Waals surface area contributed by atoms with Crippen LogP contribution in [0.15, 0.2) is 0 Å².